The molecule has 1 N–H and O–H groups in total. The van der Waals surface area contributed by atoms with Crippen LogP contribution in [0.2, 0.25) is 0 Å². The molecule has 0 spiro atoms. The van der Waals surface area contributed by atoms with Crippen molar-refractivity contribution in [3.8, 4) is 0 Å². The molecule has 136 valence electrons. The van der Waals surface area contributed by atoms with Gasteiger partial charge in [0.1, 0.15) is 5.82 Å². The van der Waals surface area contributed by atoms with Crippen molar-refractivity contribution in [1.82, 2.24) is 20.0 Å². The average molecular weight is 449 g/mol. The molecule has 2 rings (SSSR count). The summed E-state index contributed by atoms with van der Waals surface area (Å²) < 4.78 is 13.0. The maximum absolute atomic E-state index is 13.0. The number of guanidine groups is 1. The van der Waals surface area contributed by atoms with Crippen LogP contribution in [0.25, 0.3) is 0 Å². The number of piperazine rings is 1. The molecule has 1 aliphatic heterocycles. The van der Waals surface area contributed by atoms with Crippen molar-refractivity contribution in [2.24, 2.45) is 4.99 Å². The van der Waals surface area contributed by atoms with E-state index >= 15 is 0 Å². The van der Waals surface area contributed by atoms with Gasteiger partial charge in [-0.05, 0) is 31.8 Å². The summed E-state index contributed by atoms with van der Waals surface area (Å²) in [7, 11) is 8.12. The number of nitrogens with one attached hydrogen (secondary N) is 1. The van der Waals surface area contributed by atoms with E-state index in [0.29, 0.717) is 12.6 Å². The molecule has 1 fully saturated rings. The Labute approximate surface area is 161 Å². The Bertz CT molecular complexity index is 522. The highest BCUT2D eigenvalue weighted by Gasteiger charge is 2.22. The molecule has 0 aliphatic carbocycles. The maximum atomic E-state index is 13.0. The van der Waals surface area contributed by atoms with Gasteiger partial charge in [0.2, 0.25) is 0 Å². The maximum Gasteiger partial charge on any atom is 0.193 e. The lowest BCUT2D eigenvalue weighted by atomic mass is 10.2. The molecule has 0 aromatic heterocycles. The van der Waals surface area contributed by atoms with Gasteiger partial charge in [0, 0.05) is 52.9 Å². The summed E-state index contributed by atoms with van der Waals surface area (Å²) in [6.45, 7) is 4.82. The van der Waals surface area contributed by atoms with Crippen molar-refractivity contribution in [3.63, 3.8) is 0 Å². The third kappa shape index (κ3) is 6.18. The molecule has 1 heterocycles. The zero-order valence-corrected chi connectivity index (χ0v) is 17.3. The predicted molar refractivity (Wildman–Crippen MR) is 109 cm³/mol. The van der Waals surface area contributed by atoms with Crippen LogP contribution in [-0.2, 0) is 6.54 Å². The molecule has 1 atom stereocenters. The van der Waals surface area contributed by atoms with Crippen LogP contribution in [0.1, 0.15) is 5.56 Å². The summed E-state index contributed by atoms with van der Waals surface area (Å²) in [5, 5.41) is 3.46. The third-order valence-electron chi connectivity index (χ3n) is 4.38. The van der Waals surface area contributed by atoms with Crippen LogP contribution < -0.4 is 5.32 Å². The number of halogens is 2. The molecule has 0 saturated carbocycles. The number of aliphatic imine (C=N–C) groups is 1. The van der Waals surface area contributed by atoms with E-state index in [4.69, 9.17) is 0 Å². The lowest BCUT2D eigenvalue weighted by molar-refractivity contribution is 0.116. The monoisotopic (exact) mass is 449 g/mol. The zero-order valence-electron chi connectivity index (χ0n) is 15.0. The van der Waals surface area contributed by atoms with Gasteiger partial charge in [-0.25, -0.2) is 4.39 Å². The molecule has 1 unspecified atom stereocenters. The van der Waals surface area contributed by atoms with E-state index in [1.165, 1.54) is 12.1 Å². The van der Waals surface area contributed by atoms with Crippen molar-refractivity contribution in [2.75, 3.05) is 54.4 Å². The van der Waals surface area contributed by atoms with Gasteiger partial charge >= 0.3 is 0 Å². The van der Waals surface area contributed by atoms with Crippen LogP contribution in [0.4, 0.5) is 4.39 Å². The minimum atomic E-state index is -0.205. The number of rotatable bonds is 4. The smallest absolute Gasteiger partial charge is 0.193 e. The van der Waals surface area contributed by atoms with E-state index in [-0.39, 0.29) is 29.8 Å². The molecule has 1 aliphatic rings. The lowest BCUT2D eigenvalue weighted by Crippen LogP contribution is -2.55. The fraction of sp³-hybridized carbons (Fsp3) is 0.588. The minimum Gasteiger partial charge on any atom is -0.355 e. The molecule has 24 heavy (non-hydrogen) atoms. The summed E-state index contributed by atoms with van der Waals surface area (Å²) in [6.07, 6.45) is 0. The predicted octanol–water partition coefficient (Wildman–Crippen LogP) is 1.70. The van der Waals surface area contributed by atoms with Crippen molar-refractivity contribution < 1.29 is 4.39 Å². The van der Waals surface area contributed by atoms with Crippen LogP contribution in [-0.4, -0.2) is 81.1 Å². The van der Waals surface area contributed by atoms with Gasteiger partial charge in [-0.2, -0.15) is 0 Å². The molecule has 5 nitrogen and oxygen atoms in total. The van der Waals surface area contributed by atoms with E-state index < -0.39 is 0 Å². The molecule has 1 saturated heterocycles. The van der Waals surface area contributed by atoms with Crippen LogP contribution in [0.15, 0.2) is 29.3 Å². The van der Waals surface area contributed by atoms with Gasteiger partial charge in [-0.1, -0.05) is 12.1 Å². The standard InChI is InChI=1S/C17H28FN5.HI/c1-19-17(20-11-16-13-21(2)9-10-22(16)3)23(4)12-14-5-7-15(18)8-6-14;/h5-8,16H,9-13H2,1-4H3,(H,19,20);1H. The average Bonchev–Trinajstić information content (AvgIpc) is 2.53. The van der Waals surface area contributed by atoms with E-state index in [9.17, 15) is 4.39 Å². The Kier molecular flexibility index (Phi) is 8.93. The summed E-state index contributed by atoms with van der Waals surface area (Å²) in [5.41, 5.74) is 1.06. The molecule has 0 amide bonds. The SMILES string of the molecule is CN=C(NCC1CN(C)CCN1C)N(C)Cc1ccc(F)cc1.I. The molecule has 0 bridgehead atoms. The second kappa shape index (κ2) is 10.1. The summed E-state index contributed by atoms with van der Waals surface area (Å²) in [6, 6.07) is 7.08. The highest BCUT2D eigenvalue weighted by Crippen LogP contribution is 2.07. The van der Waals surface area contributed by atoms with Crippen molar-refractivity contribution in [1.29, 1.82) is 0 Å². The van der Waals surface area contributed by atoms with E-state index in [0.717, 1.165) is 37.7 Å². The molecular weight excluding hydrogens is 420 g/mol. The number of benzene rings is 1. The second-order valence-electron chi connectivity index (χ2n) is 6.31. The molecule has 7 heteroatoms. The molecular formula is C17H29FIN5. The normalized spacial score (nSPS) is 19.7. The topological polar surface area (TPSA) is 34.1 Å². The van der Waals surface area contributed by atoms with Crippen LogP contribution in [0.3, 0.4) is 0 Å². The van der Waals surface area contributed by atoms with Gasteiger partial charge < -0.3 is 15.1 Å². The first-order valence-electron chi connectivity index (χ1n) is 8.04. The zero-order chi connectivity index (χ0) is 16.8. The molecule has 1 aromatic rings. The van der Waals surface area contributed by atoms with Gasteiger partial charge in [0.25, 0.3) is 0 Å². The van der Waals surface area contributed by atoms with E-state index in [1.807, 2.05) is 19.2 Å². The lowest BCUT2D eigenvalue weighted by Gasteiger charge is -2.38. The number of nitrogens with zero attached hydrogens (tertiary/aromatic N) is 4. The Morgan fingerprint density at radius 2 is 1.96 bits per heavy atom. The fourth-order valence-electron chi connectivity index (χ4n) is 2.85. The number of hydrogen-bond acceptors (Lipinski definition) is 3. The highest BCUT2D eigenvalue weighted by atomic mass is 127. The Hall–Kier alpha value is -0.930. The third-order valence-corrected chi connectivity index (χ3v) is 4.38. The minimum absolute atomic E-state index is 0. The van der Waals surface area contributed by atoms with Crippen molar-refractivity contribution >= 4 is 29.9 Å². The van der Waals surface area contributed by atoms with E-state index in [2.05, 4.69) is 39.1 Å². The Balaban J connectivity index is 0.00000288. The quantitative estimate of drug-likeness (QED) is 0.431. The van der Waals surface area contributed by atoms with Crippen LogP contribution >= 0.6 is 24.0 Å². The Morgan fingerprint density at radius 3 is 2.58 bits per heavy atom. The first kappa shape index (κ1) is 21.1. The van der Waals surface area contributed by atoms with Gasteiger partial charge in [-0.3, -0.25) is 9.89 Å². The second-order valence-corrected chi connectivity index (χ2v) is 6.31. The number of hydrogen-bond donors (Lipinski definition) is 1. The number of likely N-dealkylation sites (N-methyl/N-ethyl adjacent to an activating group) is 2. The summed E-state index contributed by atoms with van der Waals surface area (Å²) >= 11 is 0. The summed E-state index contributed by atoms with van der Waals surface area (Å²) in [5.74, 6) is 0.652. The first-order valence-corrected chi connectivity index (χ1v) is 8.04. The van der Waals surface area contributed by atoms with Gasteiger partial charge in [-0.15, -0.1) is 24.0 Å². The Morgan fingerprint density at radius 1 is 1.29 bits per heavy atom. The van der Waals surface area contributed by atoms with Crippen LogP contribution in [0, 0.1) is 5.82 Å². The van der Waals surface area contributed by atoms with Gasteiger partial charge in [0.15, 0.2) is 5.96 Å². The highest BCUT2D eigenvalue weighted by molar-refractivity contribution is 14.0. The molecule has 1 aromatic carbocycles. The largest absolute Gasteiger partial charge is 0.355 e. The fourth-order valence-corrected chi connectivity index (χ4v) is 2.85. The molecule has 0 radical (unpaired) electrons. The van der Waals surface area contributed by atoms with Crippen LogP contribution in [0.5, 0.6) is 0 Å². The van der Waals surface area contributed by atoms with Crippen molar-refractivity contribution in [3.05, 3.63) is 35.6 Å². The van der Waals surface area contributed by atoms with E-state index in [1.54, 1.807) is 7.05 Å². The van der Waals surface area contributed by atoms with Crippen molar-refractivity contribution in [2.45, 2.75) is 12.6 Å². The van der Waals surface area contributed by atoms with Gasteiger partial charge in [0.05, 0.1) is 0 Å². The first-order chi connectivity index (χ1) is 11.0. The summed E-state index contributed by atoms with van der Waals surface area (Å²) in [4.78, 5) is 11.2.